The molecule has 0 radical (unpaired) electrons. The van der Waals surface area contributed by atoms with Crippen molar-refractivity contribution in [2.24, 2.45) is 5.41 Å². The average Bonchev–Trinajstić information content (AvgIpc) is 3.05. The fourth-order valence-corrected chi connectivity index (χ4v) is 4.54. The highest BCUT2D eigenvalue weighted by atomic mass is 16.2. The Morgan fingerprint density at radius 3 is 3.00 bits per heavy atom. The van der Waals surface area contributed by atoms with Gasteiger partial charge in [-0.3, -0.25) is 9.69 Å². The molecule has 3 rings (SSSR count). The van der Waals surface area contributed by atoms with Crippen molar-refractivity contribution in [2.45, 2.75) is 64.0 Å². The second-order valence-corrected chi connectivity index (χ2v) is 6.92. The Labute approximate surface area is 122 Å². The quantitative estimate of drug-likeness (QED) is 0.820. The van der Waals surface area contributed by atoms with Gasteiger partial charge in [0.05, 0.1) is 5.41 Å². The molecule has 0 aromatic rings. The van der Waals surface area contributed by atoms with Crippen LogP contribution in [0.5, 0.6) is 0 Å². The third-order valence-corrected chi connectivity index (χ3v) is 5.61. The maximum Gasteiger partial charge on any atom is 0.227 e. The van der Waals surface area contributed by atoms with E-state index in [0.29, 0.717) is 18.0 Å². The van der Waals surface area contributed by atoms with Gasteiger partial charge in [0.15, 0.2) is 0 Å². The first-order valence-electron chi connectivity index (χ1n) is 8.51. The van der Waals surface area contributed by atoms with Gasteiger partial charge < -0.3 is 10.6 Å². The highest BCUT2D eigenvalue weighted by Crippen LogP contribution is 2.34. The Balaban J connectivity index is 1.64. The standard InChI is InChI=1S/C16H29N3O/c1-2-7-16(8-4-9-17-12-16)15(20)18-13-6-11-19-10-3-5-14(13)19/h13-14,17H,2-12H2,1H3,(H,18,20). The maximum atomic E-state index is 12.9. The molecule has 3 aliphatic heterocycles. The van der Waals surface area contributed by atoms with Crippen LogP contribution < -0.4 is 10.6 Å². The molecular formula is C16H29N3O. The normalized spacial score (nSPS) is 37.9. The fourth-order valence-electron chi connectivity index (χ4n) is 4.54. The third-order valence-electron chi connectivity index (χ3n) is 5.61. The van der Waals surface area contributed by atoms with Crippen LogP contribution in [0.4, 0.5) is 0 Å². The lowest BCUT2D eigenvalue weighted by molar-refractivity contribution is -0.133. The van der Waals surface area contributed by atoms with E-state index < -0.39 is 0 Å². The zero-order valence-corrected chi connectivity index (χ0v) is 12.8. The molecular weight excluding hydrogens is 250 g/mol. The number of hydrogen-bond donors (Lipinski definition) is 2. The summed E-state index contributed by atoms with van der Waals surface area (Å²) in [5, 5.41) is 6.87. The molecule has 0 spiro atoms. The predicted octanol–water partition coefficient (Wildman–Crippen LogP) is 1.51. The Morgan fingerprint density at radius 2 is 2.25 bits per heavy atom. The number of fused-ring (bicyclic) bond motifs is 1. The van der Waals surface area contributed by atoms with Crippen molar-refractivity contribution < 1.29 is 4.79 Å². The molecule has 0 aromatic heterocycles. The summed E-state index contributed by atoms with van der Waals surface area (Å²) in [5.41, 5.74) is -0.140. The third kappa shape index (κ3) is 2.60. The van der Waals surface area contributed by atoms with E-state index in [4.69, 9.17) is 0 Å². The van der Waals surface area contributed by atoms with Gasteiger partial charge in [-0.2, -0.15) is 0 Å². The van der Waals surface area contributed by atoms with E-state index in [-0.39, 0.29) is 5.41 Å². The minimum absolute atomic E-state index is 0.140. The molecule has 20 heavy (non-hydrogen) atoms. The molecule has 3 fully saturated rings. The summed E-state index contributed by atoms with van der Waals surface area (Å²) in [6.07, 6.45) is 8.02. The van der Waals surface area contributed by atoms with Gasteiger partial charge in [-0.1, -0.05) is 13.3 Å². The van der Waals surface area contributed by atoms with Crippen molar-refractivity contribution >= 4 is 5.91 Å². The summed E-state index contributed by atoms with van der Waals surface area (Å²) in [6.45, 7) is 6.54. The minimum atomic E-state index is -0.140. The highest BCUT2D eigenvalue weighted by Gasteiger charge is 2.43. The van der Waals surface area contributed by atoms with E-state index in [1.54, 1.807) is 0 Å². The van der Waals surface area contributed by atoms with Crippen LogP contribution in [0.2, 0.25) is 0 Å². The maximum absolute atomic E-state index is 12.9. The predicted molar refractivity (Wildman–Crippen MR) is 80.6 cm³/mol. The van der Waals surface area contributed by atoms with E-state index in [2.05, 4.69) is 22.5 Å². The largest absolute Gasteiger partial charge is 0.351 e. The number of carbonyl (C=O) groups excluding carboxylic acids is 1. The smallest absolute Gasteiger partial charge is 0.227 e. The first kappa shape index (κ1) is 14.3. The topological polar surface area (TPSA) is 44.4 Å². The molecule has 114 valence electrons. The summed E-state index contributed by atoms with van der Waals surface area (Å²) < 4.78 is 0. The van der Waals surface area contributed by atoms with Crippen molar-refractivity contribution in [3.05, 3.63) is 0 Å². The first-order valence-corrected chi connectivity index (χ1v) is 8.51. The lowest BCUT2D eigenvalue weighted by Crippen LogP contribution is -2.54. The van der Waals surface area contributed by atoms with Gasteiger partial charge in [-0.05, 0) is 51.6 Å². The molecule has 3 heterocycles. The summed E-state index contributed by atoms with van der Waals surface area (Å²) in [7, 11) is 0. The molecule has 3 saturated heterocycles. The van der Waals surface area contributed by atoms with Gasteiger partial charge >= 0.3 is 0 Å². The van der Waals surface area contributed by atoms with Crippen LogP contribution >= 0.6 is 0 Å². The van der Waals surface area contributed by atoms with Crippen molar-refractivity contribution in [3.63, 3.8) is 0 Å². The van der Waals surface area contributed by atoms with Crippen molar-refractivity contribution in [3.8, 4) is 0 Å². The minimum Gasteiger partial charge on any atom is -0.351 e. The van der Waals surface area contributed by atoms with E-state index in [1.165, 1.54) is 25.9 Å². The molecule has 3 unspecified atom stereocenters. The van der Waals surface area contributed by atoms with Crippen molar-refractivity contribution in [2.75, 3.05) is 26.2 Å². The summed E-state index contributed by atoms with van der Waals surface area (Å²) in [4.78, 5) is 15.5. The molecule has 3 atom stereocenters. The fraction of sp³-hybridized carbons (Fsp3) is 0.938. The van der Waals surface area contributed by atoms with E-state index in [0.717, 1.165) is 45.2 Å². The van der Waals surface area contributed by atoms with Crippen LogP contribution in [0, 0.1) is 5.41 Å². The second kappa shape index (κ2) is 6.02. The Kier molecular flexibility index (Phi) is 4.32. The van der Waals surface area contributed by atoms with E-state index in [1.807, 2.05) is 0 Å². The van der Waals surface area contributed by atoms with Crippen LogP contribution in [0.3, 0.4) is 0 Å². The zero-order chi connectivity index (χ0) is 14.0. The van der Waals surface area contributed by atoms with Gasteiger partial charge in [0.2, 0.25) is 5.91 Å². The average molecular weight is 279 g/mol. The number of nitrogens with one attached hydrogen (secondary N) is 2. The van der Waals surface area contributed by atoms with Crippen molar-refractivity contribution in [1.82, 2.24) is 15.5 Å². The van der Waals surface area contributed by atoms with Crippen LogP contribution in [0.15, 0.2) is 0 Å². The van der Waals surface area contributed by atoms with Gasteiger partial charge in [0, 0.05) is 25.2 Å². The number of carbonyl (C=O) groups is 1. The second-order valence-electron chi connectivity index (χ2n) is 6.92. The molecule has 4 heteroatoms. The lowest BCUT2D eigenvalue weighted by atomic mass is 9.76. The van der Waals surface area contributed by atoms with Crippen LogP contribution in [0.25, 0.3) is 0 Å². The molecule has 0 aromatic carbocycles. The molecule has 4 nitrogen and oxygen atoms in total. The lowest BCUT2D eigenvalue weighted by Gasteiger charge is -2.37. The number of piperidine rings is 1. The number of rotatable bonds is 4. The summed E-state index contributed by atoms with van der Waals surface area (Å²) in [5.74, 6) is 0.324. The SMILES string of the molecule is CCCC1(C(=O)NC2CCN3CCCC23)CCCNC1. The monoisotopic (exact) mass is 279 g/mol. The number of amides is 1. The Morgan fingerprint density at radius 1 is 1.35 bits per heavy atom. The van der Waals surface area contributed by atoms with Crippen LogP contribution in [-0.4, -0.2) is 49.1 Å². The van der Waals surface area contributed by atoms with Crippen LogP contribution in [0.1, 0.15) is 51.9 Å². The van der Waals surface area contributed by atoms with Gasteiger partial charge in [-0.25, -0.2) is 0 Å². The first-order chi connectivity index (χ1) is 9.75. The number of hydrogen-bond acceptors (Lipinski definition) is 3. The number of nitrogens with zero attached hydrogens (tertiary/aromatic N) is 1. The van der Waals surface area contributed by atoms with Crippen LogP contribution in [-0.2, 0) is 4.79 Å². The molecule has 1 amide bonds. The Hall–Kier alpha value is -0.610. The molecule has 0 saturated carbocycles. The summed E-state index contributed by atoms with van der Waals surface area (Å²) in [6, 6.07) is 1.02. The van der Waals surface area contributed by atoms with Gasteiger partial charge in [0.25, 0.3) is 0 Å². The summed E-state index contributed by atoms with van der Waals surface area (Å²) >= 11 is 0. The van der Waals surface area contributed by atoms with E-state index in [9.17, 15) is 4.79 Å². The van der Waals surface area contributed by atoms with Gasteiger partial charge in [0.1, 0.15) is 0 Å². The Bertz CT molecular complexity index is 346. The van der Waals surface area contributed by atoms with E-state index >= 15 is 0 Å². The van der Waals surface area contributed by atoms with Gasteiger partial charge in [-0.15, -0.1) is 0 Å². The molecule has 3 aliphatic rings. The molecule has 0 bridgehead atoms. The molecule has 2 N–H and O–H groups in total. The zero-order valence-electron chi connectivity index (χ0n) is 12.8. The van der Waals surface area contributed by atoms with Crippen molar-refractivity contribution in [1.29, 1.82) is 0 Å². The molecule has 0 aliphatic carbocycles. The highest BCUT2D eigenvalue weighted by molar-refractivity contribution is 5.83.